The topological polar surface area (TPSA) is 88.3 Å². The van der Waals surface area contributed by atoms with Gasteiger partial charge in [0.15, 0.2) is 5.76 Å². The van der Waals surface area contributed by atoms with Crippen molar-refractivity contribution in [1.82, 2.24) is 25.0 Å². The standard InChI is InChI=1S/C21H24N6O2/c1-14-12-18(29-25-14)16-13-23-21(26(2)3)24-19(16)17-6-4-5-11-27(17)20(28)15-7-9-22-10-8-15/h7-10,12-13,17H,4-6,11H2,1-3H3/t17-/m0/s1. The lowest BCUT2D eigenvalue weighted by Gasteiger charge is -2.36. The number of anilines is 1. The van der Waals surface area contributed by atoms with E-state index in [2.05, 4.69) is 15.1 Å². The lowest BCUT2D eigenvalue weighted by molar-refractivity contribution is 0.0606. The van der Waals surface area contributed by atoms with Crippen LogP contribution < -0.4 is 4.90 Å². The highest BCUT2D eigenvalue weighted by molar-refractivity contribution is 5.94. The smallest absolute Gasteiger partial charge is 0.254 e. The maximum Gasteiger partial charge on any atom is 0.254 e. The molecule has 1 saturated heterocycles. The van der Waals surface area contributed by atoms with E-state index in [0.29, 0.717) is 23.8 Å². The van der Waals surface area contributed by atoms with Crippen LogP contribution in [-0.4, -0.2) is 51.6 Å². The monoisotopic (exact) mass is 392 g/mol. The van der Waals surface area contributed by atoms with E-state index < -0.39 is 0 Å². The summed E-state index contributed by atoms with van der Waals surface area (Å²) in [5.74, 6) is 1.20. The molecule has 3 aromatic heterocycles. The van der Waals surface area contributed by atoms with Crippen LogP contribution >= 0.6 is 0 Å². The molecule has 1 amide bonds. The molecule has 1 aliphatic heterocycles. The fraction of sp³-hybridized carbons (Fsp3) is 0.381. The van der Waals surface area contributed by atoms with Gasteiger partial charge in [0.1, 0.15) is 0 Å². The number of aromatic nitrogens is 4. The predicted molar refractivity (Wildman–Crippen MR) is 108 cm³/mol. The van der Waals surface area contributed by atoms with Gasteiger partial charge in [-0.1, -0.05) is 5.16 Å². The third-order valence-electron chi connectivity index (χ3n) is 5.11. The zero-order valence-corrected chi connectivity index (χ0v) is 16.9. The van der Waals surface area contributed by atoms with E-state index in [1.807, 2.05) is 36.9 Å². The molecular weight excluding hydrogens is 368 g/mol. The van der Waals surface area contributed by atoms with E-state index >= 15 is 0 Å². The number of likely N-dealkylation sites (tertiary alicyclic amines) is 1. The molecule has 0 spiro atoms. The Kier molecular flexibility index (Phi) is 5.24. The maximum absolute atomic E-state index is 13.3. The van der Waals surface area contributed by atoms with Gasteiger partial charge >= 0.3 is 0 Å². The van der Waals surface area contributed by atoms with Crippen molar-refractivity contribution in [2.75, 3.05) is 25.5 Å². The van der Waals surface area contributed by atoms with Gasteiger partial charge in [-0.3, -0.25) is 9.78 Å². The molecule has 0 unspecified atom stereocenters. The number of hydrogen-bond donors (Lipinski definition) is 0. The Morgan fingerprint density at radius 3 is 2.72 bits per heavy atom. The fourth-order valence-electron chi connectivity index (χ4n) is 3.65. The lowest BCUT2D eigenvalue weighted by atomic mass is 9.95. The molecule has 0 N–H and O–H groups in total. The highest BCUT2D eigenvalue weighted by atomic mass is 16.5. The van der Waals surface area contributed by atoms with Gasteiger partial charge < -0.3 is 14.3 Å². The van der Waals surface area contributed by atoms with Gasteiger partial charge in [0.2, 0.25) is 5.95 Å². The quantitative estimate of drug-likeness (QED) is 0.673. The number of aryl methyl sites for hydroxylation is 1. The Bertz CT molecular complexity index is 1000. The van der Waals surface area contributed by atoms with E-state index in [0.717, 1.165) is 36.2 Å². The molecule has 0 saturated carbocycles. The number of nitrogens with zero attached hydrogens (tertiary/aromatic N) is 6. The van der Waals surface area contributed by atoms with E-state index in [1.54, 1.807) is 30.7 Å². The first-order valence-electron chi connectivity index (χ1n) is 9.73. The molecule has 150 valence electrons. The van der Waals surface area contributed by atoms with Gasteiger partial charge in [0, 0.05) is 50.9 Å². The highest BCUT2D eigenvalue weighted by Gasteiger charge is 2.32. The average molecular weight is 392 g/mol. The normalized spacial score (nSPS) is 16.7. The van der Waals surface area contributed by atoms with Crippen molar-refractivity contribution in [1.29, 1.82) is 0 Å². The Hall–Kier alpha value is -3.29. The van der Waals surface area contributed by atoms with Gasteiger partial charge in [-0.05, 0) is 38.3 Å². The molecule has 0 radical (unpaired) electrons. The van der Waals surface area contributed by atoms with Gasteiger partial charge in [0.25, 0.3) is 5.91 Å². The molecular formula is C21H24N6O2. The molecule has 29 heavy (non-hydrogen) atoms. The Balaban J connectivity index is 1.79. The van der Waals surface area contributed by atoms with E-state index in [9.17, 15) is 4.79 Å². The average Bonchev–Trinajstić information content (AvgIpc) is 3.19. The van der Waals surface area contributed by atoms with Crippen LogP contribution in [0.3, 0.4) is 0 Å². The largest absolute Gasteiger partial charge is 0.356 e. The number of carbonyl (C=O) groups is 1. The number of carbonyl (C=O) groups excluding carboxylic acids is 1. The molecule has 4 rings (SSSR count). The number of amides is 1. The zero-order valence-electron chi connectivity index (χ0n) is 16.9. The number of rotatable bonds is 4. The molecule has 1 aliphatic rings. The zero-order chi connectivity index (χ0) is 20.4. The third kappa shape index (κ3) is 3.83. The van der Waals surface area contributed by atoms with E-state index in [1.165, 1.54) is 0 Å². The summed E-state index contributed by atoms with van der Waals surface area (Å²) in [5, 5.41) is 4.01. The van der Waals surface area contributed by atoms with Crippen LogP contribution in [0.1, 0.15) is 47.1 Å². The van der Waals surface area contributed by atoms with Crippen molar-refractivity contribution in [2.45, 2.75) is 32.2 Å². The molecule has 4 heterocycles. The van der Waals surface area contributed by atoms with Gasteiger partial charge in [0.05, 0.1) is 23.0 Å². The number of piperidine rings is 1. The van der Waals surface area contributed by atoms with Crippen LogP contribution in [-0.2, 0) is 0 Å². The molecule has 0 aliphatic carbocycles. The predicted octanol–water partition coefficient (Wildman–Crippen LogP) is 3.27. The van der Waals surface area contributed by atoms with Crippen LogP contribution in [0.2, 0.25) is 0 Å². The summed E-state index contributed by atoms with van der Waals surface area (Å²) >= 11 is 0. The second-order valence-corrected chi connectivity index (χ2v) is 7.44. The van der Waals surface area contributed by atoms with Crippen LogP contribution in [0, 0.1) is 6.92 Å². The SMILES string of the molecule is Cc1cc(-c2cnc(N(C)C)nc2[C@@H]2CCCCN2C(=O)c2ccncc2)on1. The first-order chi connectivity index (χ1) is 14.0. The van der Waals surface area contributed by atoms with Crippen LogP contribution in [0.5, 0.6) is 0 Å². The maximum atomic E-state index is 13.3. The molecule has 8 heteroatoms. The minimum absolute atomic E-state index is 0.0122. The number of pyridine rings is 1. The van der Waals surface area contributed by atoms with Crippen molar-refractivity contribution < 1.29 is 9.32 Å². The number of hydrogen-bond acceptors (Lipinski definition) is 7. The summed E-state index contributed by atoms with van der Waals surface area (Å²) in [5.41, 5.74) is 2.99. The van der Waals surface area contributed by atoms with Crippen LogP contribution in [0.25, 0.3) is 11.3 Å². The Morgan fingerprint density at radius 2 is 2.03 bits per heavy atom. The van der Waals surface area contributed by atoms with Crippen molar-refractivity contribution in [3.8, 4) is 11.3 Å². The summed E-state index contributed by atoms with van der Waals surface area (Å²) < 4.78 is 5.51. The molecule has 1 fully saturated rings. The molecule has 0 bridgehead atoms. The van der Waals surface area contributed by atoms with Crippen LogP contribution in [0.15, 0.2) is 41.3 Å². The second-order valence-electron chi connectivity index (χ2n) is 7.44. The van der Waals surface area contributed by atoms with Crippen molar-refractivity contribution in [3.05, 3.63) is 53.7 Å². The summed E-state index contributed by atoms with van der Waals surface area (Å²) in [7, 11) is 3.80. The Morgan fingerprint density at radius 1 is 1.24 bits per heavy atom. The summed E-state index contributed by atoms with van der Waals surface area (Å²) in [6, 6.07) is 5.21. The van der Waals surface area contributed by atoms with Crippen LogP contribution in [0.4, 0.5) is 5.95 Å². The second kappa shape index (κ2) is 7.98. The van der Waals surface area contributed by atoms with Crippen molar-refractivity contribution in [2.24, 2.45) is 0 Å². The molecule has 8 nitrogen and oxygen atoms in total. The summed E-state index contributed by atoms with van der Waals surface area (Å²) in [4.78, 5) is 30.3. The fourth-order valence-corrected chi connectivity index (χ4v) is 3.65. The van der Waals surface area contributed by atoms with Crippen molar-refractivity contribution >= 4 is 11.9 Å². The Labute approximate surface area is 169 Å². The lowest BCUT2D eigenvalue weighted by Crippen LogP contribution is -2.39. The first-order valence-corrected chi connectivity index (χ1v) is 9.73. The molecule has 3 aromatic rings. The van der Waals surface area contributed by atoms with Crippen molar-refractivity contribution in [3.63, 3.8) is 0 Å². The van der Waals surface area contributed by atoms with Gasteiger partial charge in [-0.25, -0.2) is 9.97 Å². The first kappa shape index (κ1) is 19.0. The molecule has 0 aromatic carbocycles. The van der Waals surface area contributed by atoms with Gasteiger partial charge in [-0.2, -0.15) is 0 Å². The third-order valence-corrected chi connectivity index (χ3v) is 5.11. The van der Waals surface area contributed by atoms with E-state index in [-0.39, 0.29) is 11.9 Å². The van der Waals surface area contributed by atoms with E-state index in [4.69, 9.17) is 9.51 Å². The minimum atomic E-state index is -0.161. The molecule has 1 atom stereocenters. The van der Waals surface area contributed by atoms with Gasteiger partial charge in [-0.15, -0.1) is 0 Å². The summed E-state index contributed by atoms with van der Waals surface area (Å²) in [6.07, 6.45) is 7.88. The highest BCUT2D eigenvalue weighted by Crippen LogP contribution is 2.37. The summed E-state index contributed by atoms with van der Waals surface area (Å²) in [6.45, 7) is 2.56. The minimum Gasteiger partial charge on any atom is -0.356 e.